The Hall–Kier alpha value is -7.44. The van der Waals surface area contributed by atoms with E-state index in [1.54, 1.807) is 9.13 Å². The second-order valence-electron chi connectivity index (χ2n) is 14.1. The Morgan fingerprint density at radius 2 is 0.714 bits per heavy atom. The molecule has 6 heteroatoms. The molecule has 0 unspecified atom stereocenters. The summed E-state index contributed by atoms with van der Waals surface area (Å²) in [6.45, 7) is 0. The lowest BCUT2D eigenvalue weighted by molar-refractivity contribution is 0.795. The molecule has 6 nitrogen and oxygen atoms in total. The zero-order valence-corrected chi connectivity index (χ0v) is 30.9. The summed E-state index contributed by atoms with van der Waals surface area (Å²) >= 11 is 0. The van der Waals surface area contributed by atoms with Crippen LogP contribution in [0.25, 0.3) is 100 Å². The Kier molecular flexibility index (Phi) is 7.96. The second kappa shape index (κ2) is 13.4. The highest BCUT2D eigenvalue weighted by atomic mass is 16.1. The van der Waals surface area contributed by atoms with Gasteiger partial charge in [0.05, 0.1) is 11.0 Å². The van der Waals surface area contributed by atoms with E-state index in [9.17, 15) is 4.79 Å². The van der Waals surface area contributed by atoms with Crippen LogP contribution in [0.2, 0.25) is 0 Å². The van der Waals surface area contributed by atoms with Gasteiger partial charge in [0, 0.05) is 30.8 Å². The Morgan fingerprint density at radius 1 is 0.339 bits per heavy atom. The maximum atomic E-state index is 12.7. The smallest absolute Gasteiger partial charge is 0.295 e. The van der Waals surface area contributed by atoms with Crippen molar-refractivity contribution < 1.29 is 0 Å². The molecule has 0 aliphatic carbocycles. The fourth-order valence-corrected chi connectivity index (χ4v) is 8.04. The molecule has 266 valence electrons. The molecule has 0 atom stereocenters. The van der Waals surface area contributed by atoms with E-state index in [0.717, 1.165) is 66.3 Å². The summed E-state index contributed by atoms with van der Waals surface area (Å²) in [7, 11) is 3.64. The lowest BCUT2D eigenvalue weighted by Crippen LogP contribution is -2.19. The largest absolute Gasteiger partial charge is 0.328 e. The molecular formula is C50H35N5O. The van der Waals surface area contributed by atoms with Crippen molar-refractivity contribution in [2.75, 3.05) is 0 Å². The number of benzene rings is 8. The second-order valence-corrected chi connectivity index (χ2v) is 14.1. The van der Waals surface area contributed by atoms with Crippen LogP contribution in [0, 0.1) is 0 Å². The van der Waals surface area contributed by atoms with Crippen molar-refractivity contribution in [1.82, 2.24) is 24.1 Å². The first kappa shape index (κ1) is 33.2. The van der Waals surface area contributed by atoms with Crippen LogP contribution in [0.5, 0.6) is 0 Å². The minimum atomic E-state index is -0.0309. The number of rotatable bonds is 6. The lowest BCUT2D eigenvalue weighted by Gasteiger charge is -2.18. The van der Waals surface area contributed by atoms with E-state index >= 15 is 0 Å². The number of imidazole rings is 1. The SMILES string of the molecule is Cn1c(=O)n(C)c2cc(-c3cccc(-c4c5ccccc5c(-c5cccc(-c6nc(-c7ccccc7)nc(-c7ccccc7)n6)c5)c5ccccc45)c3)ccc21. The third-order valence-corrected chi connectivity index (χ3v) is 10.8. The molecule has 0 spiro atoms. The molecule has 0 N–H and O–H groups in total. The van der Waals surface area contributed by atoms with Crippen molar-refractivity contribution >= 4 is 32.6 Å². The molecular weight excluding hydrogens is 687 g/mol. The highest BCUT2D eigenvalue weighted by molar-refractivity contribution is 6.21. The van der Waals surface area contributed by atoms with E-state index in [4.69, 9.17) is 15.0 Å². The van der Waals surface area contributed by atoms with E-state index in [0.29, 0.717) is 17.5 Å². The normalized spacial score (nSPS) is 11.5. The molecule has 2 heterocycles. The molecule has 0 aliphatic heterocycles. The van der Waals surface area contributed by atoms with Crippen molar-refractivity contribution in [3.05, 3.63) is 186 Å². The molecule has 0 saturated carbocycles. The van der Waals surface area contributed by atoms with Crippen molar-refractivity contribution in [3.8, 4) is 67.5 Å². The predicted molar refractivity (Wildman–Crippen MR) is 229 cm³/mol. The minimum absolute atomic E-state index is 0.0309. The highest BCUT2D eigenvalue weighted by Crippen LogP contribution is 2.44. The molecule has 10 rings (SSSR count). The van der Waals surface area contributed by atoms with Gasteiger partial charge in [-0.3, -0.25) is 9.13 Å². The summed E-state index contributed by atoms with van der Waals surface area (Å²) < 4.78 is 3.40. The molecule has 0 aliphatic rings. The van der Waals surface area contributed by atoms with Gasteiger partial charge >= 0.3 is 5.69 Å². The highest BCUT2D eigenvalue weighted by Gasteiger charge is 2.19. The van der Waals surface area contributed by atoms with Crippen LogP contribution in [0.4, 0.5) is 0 Å². The van der Waals surface area contributed by atoms with Gasteiger partial charge in [-0.15, -0.1) is 0 Å². The third-order valence-electron chi connectivity index (χ3n) is 10.8. The van der Waals surface area contributed by atoms with Crippen molar-refractivity contribution in [2.45, 2.75) is 0 Å². The molecule has 0 radical (unpaired) electrons. The monoisotopic (exact) mass is 721 g/mol. The van der Waals surface area contributed by atoms with E-state index in [-0.39, 0.29) is 5.69 Å². The van der Waals surface area contributed by atoms with Gasteiger partial charge in [-0.25, -0.2) is 19.7 Å². The quantitative estimate of drug-likeness (QED) is 0.160. The zero-order chi connectivity index (χ0) is 37.8. The Morgan fingerprint density at radius 3 is 1.23 bits per heavy atom. The Balaban J connectivity index is 1.14. The van der Waals surface area contributed by atoms with Gasteiger partial charge in [0.25, 0.3) is 0 Å². The first-order chi connectivity index (χ1) is 27.5. The number of aromatic nitrogens is 5. The predicted octanol–water partition coefficient (Wildman–Crippen LogP) is 11.4. The molecule has 0 amide bonds. The van der Waals surface area contributed by atoms with E-state index in [1.807, 2.05) is 80.8 Å². The first-order valence-corrected chi connectivity index (χ1v) is 18.7. The van der Waals surface area contributed by atoms with Crippen LogP contribution in [-0.4, -0.2) is 24.1 Å². The minimum Gasteiger partial charge on any atom is -0.295 e. The molecule has 8 aromatic carbocycles. The molecule has 10 aromatic rings. The number of hydrogen-bond donors (Lipinski definition) is 0. The number of hydrogen-bond acceptors (Lipinski definition) is 4. The summed E-state index contributed by atoms with van der Waals surface area (Å²) in [6.07, 6.45) is 0. The molecule has 56 heavy (non-hydrogen) atoms. The van der Waals surface area contributed by atoms with Gasteiger partial charge in [-0.1, -0.05) is 152 Å². The van der Waals surface area contributed by atoms with Gasteiger partial charge in [0.1, 0.15) is 0 Å². The van der Waals surface area contributed by atoms with Crippen LogP contribution in [0.15, 0.2) is 181 Å². The van der Waals surface area contributed by atoms with Crippen LogP contribution >= 0.6 is 0 Å². The van der Waals surface area contributed by atoms with E-state index < -0.39 is 0 Å². The van der Waals surface area contributed by atoms with E-state index in [1.165, 1.54) is 16.3 Å². The average Bonchev–Trinajstić information content (AvgIpc) is 3.48. The van der Waals surface area contributed by atoms with Gasteiger partial charge in [-0.2, -0.15) is 0 Å². The molecule has 0 fully saturated rings. The maximum Gasteiger partial charge on any atom is 0.328 e. The Labute approximate surface area is 323 Å². The van der Waals surface area contributed by atoms with Crippen molar-refractivity contribution in [2.24, 2.45) is 14.1 Å². The van der Waals surface area contributed by atoms with Crippen LogP contribution in [-0.2, 0) is 14.1 Å². The van der Waals surface area contributed by atoms with Crippen LogP contribution in [0.1, 0.15) is 0 Å². The summed E-state index contributed by atoms with van der Waals surface area (Å²) in [6, 6.07) is 61.1. The third kappa shape index (κ3) is 5.58. The lowest BCUT2D eigenvalue weighted by atomic mass is 9.85. The van der Waals surface area contributed by atoms with Gasteiger partial charge in [0.2, 0.25) is 0 Å². The summed E-state index contributed by atoms with van der Waals surface area (Å²) in [5.74, 6) is 1.89. The maximum absolute atomic E-state index is 12.7. The topological polar surface area (TPSA) is 65.6 Å². The number of aryl methyl sites for hydroxylation is 2. The van der Waals surface area contributed by atoms with Crippen LogP contribution < -0.4 is 5.69 Å². The molecule has 0 bridgehead atoms. The van der Waals surface area contributed by atoms with Gasteiger partial charge in [0.15, 0.2) is 17.5 Å². The van der Waals surface area contributed by atoms with Crippen molar-refractivity contribution in [3.63, 3.8) is 0 Å². The van der Waals surface area contributed by atoms with Crippen molar-refractivity contribution in [1.29, 1.82) is 0 Å². The average molecular weight is 722 g/mol. The fourth-order valence-electron chi connectivity index (χ4n) is 8.04. The van der Waals surface area contributed by atoms with Crippen LogP contribution in [0.3, 0.4) is 0 Å². The first-order valence-electron chi connectivity index (χ1n) is 18.7. The Bertz CT molecular complexity index is 3070. The molecule has 2 aromatic heterocycles. The summed E-state index contributed by atoms with van der Waals surface area (Å²) in [4.78, 5) is 27.7. The van der Waals surface area contributed by atoms with E-state index in [2.05, 4.69) is 109 Å². The number of fused-ring (bicyclic) bond motifs is 3. The summed E-state index contributed by atoms with van der Waals surface area (Å²) in [5.41, 5.74) is 11.3. The standard InChI is InChI=1S/C50H35N5O/c1-54-43-28-27-35(31-44(43)55(2)50(54)56)34-19-13-20-36(29-34)45-39-23-9-11-25-41(39)46(42-26-12-10-24-40(42)45)37-21-14-22-38(30-37)49-52-47(32-15-5-3-6-16-32)51-48(53-49)33-17-7-4-8-18-33/h3-31H,1-2H3. The fraction of sp³-hybridized carbons (Fsp3) is 0.0400. The summed E-state index contributed by atoms with van der Waals surface area (Å²) in [5, 5.41) is 4.66. The van der Waals surface area contributed by atoms with Gasteiger partial charge in [-0.05, 0) is 79.2 Å². The zero-order valence-electron chi connectivity index (χ0n) is 30.9. The van der Waals surface area contributed by atoms with Gasteiger partial charge < -0.3 is 0 Å². The molecule has 0 saturated heterocycles. The number of nitrogens with zero attached hydrogens (tertiary/aromatic N) is 5.